The standard InChI is InChI=1S/C12H21NO3/c1-12(2,3)9-5-11(15)13(6-9)7-10(14)8-16-4/h9H,5-8H2,1-4H3. The number of hydrogen-bond donors (Lipinski definition) is 0. The molecule has 0 radical (unpaired) electrons. The Bertz CT molecular complexity index is 280. The average molecular weight is 227 g/mol. The van der Waals surface area contributed by atoms with Gasteiger partial charge in [-0.25, -0.2) is 0 Å². The summed E-state index contributed by atoms with van der Waals surface area (Å²) >= 11 is 0. The van der Waals surface area contributed by atoms with Gasteiger partial charge in [-0.1, -0.05) is 20.8 Å². The Kier molecular flexibility index (Phi) is 4.08. The van der Waals surface area contributed by atoms with E-state index in [9.17, 15) is 9.59 Å². The number of hydrogen-bond acceptors (Lipinski definition) is 3. The van der Waals surface area contributed by atoms with E-state index >= 15 is 0 Å². The van der Waals surface area contributed by atoms with Crippen LogP contribution in [0.25, 0.3) is 0 Å². The molecule has 1 atom stereocenters. The molecule has 4 heteroatoms. The lowest BCUT2D eigenvalue weighted by Gasteiger charge is -2.26. The Balaban J connectivity index is 2.52. The Morgan fingerprint density at radius 2 is 2.12 bits per heavy atom. The number of ketones is 1. The van der Waals surface area contributed by atoms with E-state index < -0.39 is 0 Å². The van der Waals surface area contributed by atoms with Crippen molar-refractivity contribution in [3.05, 3.63) is 0 Å². The maximum atomic E-state index is 11.7. The third-order valence-corrected chi connectivity index (χ3v) is 3.11. The molecule has 1 fully saturated rings. The van der Waals surface area contributed by atoms with Gasteiger partial charge in [-0.05, 0) is 11.3 Å². The quantitative estimate of drug-likeness (QED) is 0.722. The van der Waals surface area contributed by atoms with Crippen molar-refractivity contribution in [3.8, 4) is 0 Å². The summed E-state index contributed by atoms with van der Waals surface area (Å²) in [4.78, 5) is 24.7. The summed E-state index contributed by atoms with van der Waals surface area (Å²) in [6, 6.07) is 0. The number of rotatable bonds is 4. The van der Waals surface area contributed by atoms with Crippen LogP contribution < -0.4 is 0 Å². The molecule has 0 bridgehead atoms. The van der Waals surface area contributed by atoms with Crippen LogP contribution in [0.1, 0.15) is 27.2 Å². The molecule has 92 valence electrons. The van der Waals surface area contributed by atoms with E-state index in [0.717, 1.165) is 0 Å². The van der Waals surface area contributed by atoms with Crippen LogP contribution in [-0.4, -0.2) is 43.4 Å². The molecule has 1 amide bonds. The van der Waals surface area contributed by atoms with Gasteiger partial charge in [0.2, 0.25) is 5.91 Å². The topological polar surface area (TPSA) is 46.6 Å². The second-order valence-corrected chi connectivity index (χ2v) is 5.51. The first-order chi connectivity index (χ1) is 7.34. The number of Topliss-reactive ketones (excluding diaryl/α,β-unsaturated/α-hetero) is 1. The van der Waals surface area contributed by atoms with Crippen molar-refractivity contribution in [1.82, 2.24) is 4.90 Å². The van der Waals surface area contributed by atoms with Crippen LogP contribution in [0.3, 0.4) is 0 Å². The van der Waals surface area contributed by atoms with Crippen molar-refractivity contribution in [3.63, 3.8) is 0 Å². The number of carbonyl (C=O) groups is 2. The van der Waals surface area contributed by atoms with Gasteiger partial charge in [0.15, 0.2) is 5.78 Å². The first-order valence-electron chi connectivity index (χ1n) is 5.63. The van der Waals surface area contributed by atoms with Gasteiger partial charge in [0, 0.05) is 20.1 Å². The second kappa shape index (κ2) is 4.95. The van der Waals surface area contributed by atoms with Gasteiger partial charge in [-0.15, -0.1) is 0 Å². The van der Waals surface area contributed by atoms with Crippen molar-refractivity contribution in [1.29, 1.82) is 0 Å². The largest absolute Gasteiger partial charge is 0.377 e. The van der Waals surface area contributed by atoms with Crippen LogP contribution in [0.4, 0.5) is 0 Å². The smallest absolute Gasteiger partial charge is 0.223 e. The van der Waals surface area contributed by atoms with E-state index in [1.165, 1.54) is 7.11 Å². The zero-order valence-corrected chi connectivity index (χ0v) is 10.6. The second-order valence-electron chi connectivity index (χ2n) is 5.51. The zero-order valence-electron chi connectivity index (χ0n) is 10.6. The van der Waals surface area contributed by atoms with E-state index in [0.29, 0.717) is 18.9 Å². The average Bonchev–Trinajstić information content (AvgIpc) is 2.47. The van der Waals surface area contributed by atoms with Crippen LogP contribution in [0, 0.1) is 11.3 Å². The van der Waals surface area contributed by atoms with Gasteiger partial charge >= 0.3 is 0 Å². The van der Waals surface area contributed by atoms with Gasteiger partial charge in [0.1, 0.15) is 6.61 Å². The van der Waals surface area contributed by atoms with Gasteiger partial charge < -0.3 is 9.64 Å². The molecule has 0 aromatic carbocycles. The van der Waals surface area contributed by atoms with Gasteiger partial charge in [0.25, 0.3) is 0 Å². The number of nitrogens with zero attached hydrogens (tertiary/aromatic N) is 1. The first-order valence-corrected chi connectivity index (χ1v) is 5.63. The third kappa shape index (κ3) is 3.30. The number of methoxy groups -OCH3 is 1. The molecule has 1 aliphatic heterocycles. The monoisotopic (exact) mass is 227 g/mol. The van der Waals surface area contributed by atoms with Crippen molar-refractivity contribution < 1.29 is 14.3 Å². The van der Waals surface area contributed by atoms with Crippen LogP contribution in [-0.2, 0) is 14.3 Å². The van der Waals surface area contributed by atoms with Crippen LogP contribution >= 0.6 is 0 Å². The highest BCUT2D eigenvalue weighted by atomic mass is 16.5. The normalized spacial score (nSPS) is 21.6. The molecule has 0 aliphatic carbocycles. The predicted molar refractivity (Wildman–Crippen MR) is 61.0 cm³/mol. The molecule has 0 spiro atoms. The van der Waals surface area contributed by atoms with E-state index in [2.05, 4.69) is 20.8 Å². The lowest BCUT2D eigenvalue weighted by Crippen LogP contribution is -2.33. The number of ether oxygens (including phenoxy) is 1. The molecule has 1 unspecified atom stereocenters. The minimum absolute atomic E-state index is 0.0367. The van der Waals surface area contributed by atoms with Crippen molar-refractivity contribution in [2.75, 3.05) is 26.8 Å². The van der Waals surface area contributed by atoms with Crippen molar-refractivity contribution >= 4 is 11.7 Å². The molecule has 4 nitrogen and oxygen atoms in total. The molecule has 0 aromatic heterocycles. The molecule has 0 N–H and O–H groups in total. The fourth-order valence-corrected chi connectivity index (χ4v) is 1.92. The first kappa shape index (κ1) is 13.2. The Labute approximate surface area is 96.9 Å². The highest BCUT2D eigenvalue weighted by Gasteiger charge is 2.37. The summed E-state index contributed by atoms with van der Waals surface area (Å²) in [5.41, 5.74) is 0.120. The fraction of sp³-hybridized carbons (Fsp3) is 0.833. The highest BCUT2D eigenvalue weighted by molar-refractivity contribution is 5.87. The van der Waals surface area contributed by atoms with E-state index in [1.54, 1.807) is 4.90 Å². The van der Waals surface area contributed by atoms with Gasteiger partial charge in [-0.2, -0.15) is 0 Å². The molecule has 0 saturated carbocycles. The lowest BCUT2D eigenvalue weighted by molar-refractivity contribution is -0.133. The van der Waals surface area contributed by atoms with E-state index in [-0.39, 0.29) is 30.3 Å². The van der Waals surface area contributed by atoms with E-state index in [4.69, 9.17) is 4.74 Å². The summed E-state index contributed by atoms with van der Waals surface area (Å²) in [5.74, 6) is 0.394. The van der Waals surface area contributed by atoms with Crippen molar-refractivity contribution in [2.24, 2.45) is 11.3 Å². The number of likely N-dealkylation sites (tertiary alicyclic amines) is 1. The minimum atomic E-state index is -0.0367. The predicted octanol–water partition coefficient (Wildman–Crippen LogP) is 1.10. The van der Waals surface area contributed by atoms with Crippen LogP contribution in [0.5, 0.6) is 0 Å². The third-order valence-electron chi connectivity index (χ3n) is 3.11. The fourth-order valence-electron chi connectivity index (χ4n) is 1.92. The molecular formula is C12H21NO3. The Morgan fingerprint density at radius 3 is 2.56 bits per heavy atom. The molecule has 1 saturated heterocycles. The van der Waals surface area contributed by atoms with Gasteiger partial charge in [-0.3, -0.25) is 9.59 Å². The summed E-state index contributed by atoms with van der Waals surface area (Å²) in [5, 5.41) is 0. The summed E-state index contributed by atoms with van der Waals surface area (Å²) < 4.78 is 4.76. The molecule has 1 rings (SSSR count). The highest BCUT2D eigenvalue weighted by Crippen LogP contribution is 2.33. The Hall–Kier alpha value is -0.900. The maximum Gasteiger partial charge on any atom is 0.223 e. The van der Waals surface area contributed by atoms with E-state index in [1.807, 2.05) is 0 Å². The summed E-state index contributed by atoms with van der Waals surface area (Å²) in [6.07, 6.45) is 0.559. The molecular weight excluding hydrogens is 206 g/mol. The van der Waals surface area contributed by atoms with Gasteiger partial charge in [0.05, 0.1) is 6.54 Å². The van der Waals surface area contributed by atoms with Crippen LogP contribution in [0.2, 0.25) is 0 Å². The van der Waals surface area contributed by atoms with Crippen molar-refractivity contribution in [2.45, 2.75) is 27.2 Å². The minimum Gasteiger partial charge on any atom is -0.377 e. The Morgan fingerprint density at radius 1 is 1.50 bits per heavy atom. The molecule has 1 aliphatic rings. The molecule has 1 heterocycles. The summed E-state index contributed by atoms with van der Waals surface area (Å²) in [6.45, 7) is 7.36. The SMILES string of the molecule is COCC(=O)CN1CC(C(C)(C)C)CC1=O. The number of amides is 1. The molecule has 0 aromatic rings. The molecule has 16 heavy (non-hydrogen) atoms. The number of carbonyl (C=O) groups excluding carboxylic acids is 2. The summed E-state index contributed by atoms with van der Waals surface area (Å²) in [7, 11) is 1.49. The lowest BCUT2D eigenvalue weighted by atomic mass is 9.80. The zero-order chi connectivity index (χ0) is 12.3. The van der Waals surface area contributed by atoms with Crippen LogP contribution in [0.15, 0.2) is 0 Å². The maximum absolute atomic E-state index is 11.7.